The second-order valence-electron chi connectivity index (χ2n) is 4.52. The lowest BCUT2D eigenvalue weighted by atomic mass is 10.1. The fraction of sp³-hybridized carbons (Fsp3) is 0.231. The van der Waals surface area contributed by atoms with Crippen molar-refractivity contribution in [3.05, 3.63) is 50.9 Å². The van der Waals surface area contributed by atoms with Gasteiger partial charge in [-0.15, -0.1) is 10.2 Å². The summed E-state index contributed by atoms with van der Waals surface area (Å²) >= 11 is 1.40. The molecule has 0 fully saturated rings. The predicted molar refractivity (Wildman–Crippen MR) is 77.9 cm³/mol. The zero-order valence-corrected chi connectivity index (χ0v) is 11.7. The summed E-state index contributed by atoms with van der Waals surface area (Å²) in [4.78, 5) is 12.4. The van der Waals surface area contributed by atoms with Crippen molar-refractivity contribution in [2.75, 3.05) is 5.73 Å². The van der Waals surface area contributed by atoms with Gasteiger partial charge in [-0.3, -0.25) is 4.79 Å². The number of nitrogens with two attached hydrogens (primary N) is 1. The number of rotatable bonds is 3. The van der Waals surface area contributed by atoms with Gasteiger partial charge in [0.2, 0.25) is 4.96 Å². The van der Waals surface area contributed by atoms with Gasteiger partial charge in [-0.2, -0.15) is 9.61 Å². The van der Waals surface area contributed by atoms with E-state index in [1.54, 1.807) is 6.92 Å². The number of fused-ring (bicyclic) bond motifs is 1. The van der Waals surface area contributed by atoms with Gasteiger partial charge in [0, 0.05) is 12.1 Å². The zero-order chi connectivity index (χ0) is 14.1. The summed E-state index contributed by atoms with van der Waals surface area (Å²) in [6, 6.07) is 7.76. The third kappa shape index (κ3) is 2.39. The Kier molecular flexibility index (Phi) is 3.19. The van der Waals surface area contributed by atoms with Crippen molar-refractivity contribution in [3.63, 3.8) is 0 Å². The number of hydrogen-bond donors (Lipinski definition) is 1. The van der Waals surface area contributed by atoms with E-state index < -0.39 is 0 Å². The highest BCUT2D eigenvalue weighted by atomic mass is 32.1. The Morgan fingerprint density at radius 2 is 1.95 bits per heavy atom. The molecular weight excluding hydrogens is 274 g/mol. The molecule has 6 nitrogen and oxygen atoms in total. The Morgan fingerprint density at radius 3 is 2.70 bits per heavy atom. The van der Waals surface area contributed by atoms with Gasteiger partial charge in [-0.05, 0) is 31.0 Å². The van der Waals surface area contributed by atoms with Crippen LogP contribution in [0.2, 0.25) is 0 Å². The standard InChI is InChI=1S/C13H13N5OS/c1-8-12(19)18-13(16-15-8)20-11(17-18)7-4-9-2-5-10(14)6-3-9/h2-3,5-6H,4,7,14H2,1H3. The summed E-state index contributed by atoms with van der Waals surface area (Å²) < 4.78 is 1.32. The van der Waals surface area contributed by atoms with E-state index in [0.717, 1.165) is 23.5 Å². The Hall–Kier alpha value is -2.28. The Bertz CT molecular complexity index is 806. The lowest BCUT2D eigenvalue weighted by Gasteiger charge is -1.99. The summed E-state index contributed by atoms with van der Waals surface area (Å²) in [6.07, 6.45) is 1.61. The van der Waals surface area contributed by atoms with Gasteiger partial charge < -0.3 is 5.73 Å². The Labute approximate surface area is 118 Å². The molecule has 0 spiro atoms. The van der Waals surface area contributed by atoms with E-state index in [-0.39, 0.29) is 5.56 Å². The number of hydrogen-bond acceptors (Lipinski definition) is 6. The normalized spacial score (nSPS) is 11.1. The van der Waals surface area contributed by atoms with E-state index in [1.165, 1.54) is 21.4 Å². The minimum atomic E-state index is -0.204. The maximum Gasteiger partial charge on any atom is 0.296 e. The van der Waals surface area contributed by atoms with Crippen LogP contribution < -0.4 is 11.3 Å². The van der Waals surface area contributed by atoms with Crippen molar-refractivity contribution >= 4 is 22.0 Å². The quantitative estimate of drug-likeness (QED) is 0.732. The molecule has 20 heavy (non-hydrogen) atoms. The summed E-state index contributed by atoms with van der Waals surface area (Å²) in [7, 11) is 0. The number of benzene rings is 1. The van der Waals surface area contributed by atoms with E-state index in [0.29, 0.717) is 10.7 Å². The summed E-state index contributed by atoms with van der Waals surface area (Å²) in [5.41, 5.74) is 7.75. The molecule has 3 rings (SSSR count). The first kappa shape index (κ1) is 12.7. The lowest BCUT2D eigenvalue weighted by molar-refractivity contribution is 0.795. The number of nitrogens with zero attached hydrogens (tertiary/aromatic N) is 4. The zero-order valence-electron chi connectivity index (χ0n) is 10.9. The molecule has 0 amide bonds. The number of nitrogen functional groups attached to an aromatic ring is 1. The molecular formula is C13H13N5OS. The van der Waals surface area contributed by atoms with Gasteiger partial charge in [0.1, 0.15) is 10.7 Å². The molecule has 0 unspecified atom stereocenters. The summed E-state index contributed by atoms with van der Waals surface area (Å²) in [5, 5.41) is 13.0. The van der Waals surface area contributed by atoms with Crippen LogP contribution in [0, 0.1) is 6.92 Å². The second-order valence-corrected chi connectivity index (χ2v) is 5.56. The molecule has 2 aromatic heterocycles. The highest BCUT2D eigenvalue weighted by molar-refractivity contribution is 7.16. The number of anilines is 1. The van der Waals surface area contributed by atoms with Gasteiger partial charge >= 0.3 is 0 Å². The van der Waals surface area contributed by atoms with Crippen LogP contribution in [0.25, 0.3) is 4.96 Å². The first-order valence-electron chi connectivity index (χ1n) is 6.20. The molecule has 1 aromatic carbocycles. The third-order valence-corrected chi connectivity index (χ3v) is 3.96. The average Bonchev–Trinajstić information content (AvgIpc) is 2.86. The minimum Gasteiger partial charge on any atom is -0.399 e. The highest BCUT2D eigenvalue weighted by Crippen LogP contribution is 2.14. The lowest BCUT2D eigenvalue weighted by Crippen LogP contribution is -2.19. The maximum absolute atomic E-state index is 11.8. The largest absolute Gasteiger partial charge is 0.399 e. The molecule has 7 heteroatoms. The van der Waals surface area contributed by atoms with Crippen LogP contribution in [0.5, 0.6) is 0 Å². The smallest absolute Gasteiger partial charge is 0.296 e. The monoisotopic (exact) mass is 287 g/mol. The van der Waals surface area contributed by atoms with Crippen molar-refractivity contribution in [2.45, 2.75) is 19.8 Å². The van der Waals surface area contributed by atoms with Crippen molar-refractivity contribution in [3.8, 4) is 0 Å². The van der Waals surface area contributed by atoms with Crippen molar-refractivity contribution in [2.24, 2.45) is 0 Å². The predicted octanol–water partition coefficient (Wildman–Crippen LogP) is 1.22. The second kappa shape index (κ2) is 5.01. The van der Waals surface area contributed by atoms with Gasteiger partial charge in [-0.25, -0.2) is 0 Å². The van der Waals surface area contributed by atoms with Crippen LogP contribution in [0.15, 0.2) is 29.1 Å². The average molecular weight is 287 g/mol. The molecule has 0 aliphatic carbocycles. The van der Waals surface area contributed by atoms with Gasteiger partial charge in [0.05, 0.1) is 0 Å². The molecule has 102 valence electrons. The minimum absolute atomic E-state index is 0.204. The van der Waals surface area contributed by atoms with Crippen LogP contribution in [0.1, 0.15) is 16.3 Å². The molecule has 0 atom stereocenters. The molecule has 3 aromatic rings. The molecule has 2 heterocycles. The molecule has 0 bridgehead atoms. The summed E-state index contributed by atoms with van der Waals surface area (Å²) in [6.45, 7) is 1.63. The fourth-order valence-corrected chi connectivity index (χ4v) is 2.70. The maximum atomic E-state index is 11.8. The number of aryl methyl sites for hydroxylation is 3. The van der Waals surface area contributed by atoms with Crippen LogP contribution in [0.4, 0.5) is 5.69 Å². The summed E-state index contributed by atoms with van der Waals surface area (Å²) in [5.74, 6) is 0. The molecule has 0 aliphatic heterocycles. The van der Waals surface area contributed by atoms with Crippen LogP contribution >= 0.6 is 11.3 Å². The number of aromatic nitrogens is 4. The Balaban J connectivity index is 1.83. The van der Waals surface area contributed by atoms with Gasteiger partial charge in [0.25, 0.3) is 5.56 Å². The molecule has 0 radical (unpaired) electrons. The van der Waals surface area contributed by atoms with E-state index in [9.17, 15) is 4.79 Å². The topological polar surface area (TPSA) is 86.2 Å². The highest BCUT2D eigenvalue weighted by Gasteiger charge is 2.09. The van der Waals surface area contributed by atoms with Crippen molar-refractivity contribution in [1.82, 2.24) is 19.8 Å². The SMILES string of the molecule is Cc1nnc2sc(CCc3ccc(N)cc3)nn2c1=O. The molecule has 0 saturated carbocycles. The first-order chi connectivity index (χ1) is 9.63. The third-order valence-electron chi connectivity index (χ3n) is 3.00. The van der Waals surface area contributed by atoms with Gasteiger partial charge in [-0.1, -0.05) is 23.5 Å². The van der Waals surface area contributed by atoms with Crippen molar-refractivity contribution < 1.29 is 0 Å². The van der Waals surface area contributed by atoms with Crippen molar-refractivity contribution in [1.29, 1.82) is 0 Å². The van der Waals surface area contributed by atoms with Crippen LogP contribution in [-0.2, 0) is 12.8 Å². The van der Waals surface area contributed by atoms with E-state index in [2.05, 4.69) is 15.3 Å². The molecule has 2 N–H and O–H groups in total. The van der Waals surface area contributed by atoms with E-state index in [1.807, 2.05) is 24.3 Å². The molecule has 0 aliphatic rings. The van der Waals surface area contributed by atoms with E-state index >= 15 is 0 Å². The van der Waals surface area contributed by atoms with Gasteiger partial charge in [0.15, 0.2) is 0 Å². The Morgan fingerprint density at radius 1 is 1.20 bits per heavy atom. The van der Waals surface area contributed by atoms with E-state index in [4.69, 9.17) is 5.73 Å². The first-order valence-corrected chi connectivity index (χ1v) is 7.01. The molecule has 0 saturated heterocycles. The van der Waals surface area contributed by atoms with Crippen LogP contribution in [-0.4, -0.2) is 19.8 Å². The fourth-order valence-electron chi connectivity index (χ4n) is 1.87. The van der Waals surface area contributed by atoms with Crippen LogP contribution in [0.3, 0.4) is 0 Å².